The number of nitriles is 1. The second-order valence-corrected chi connectivity index (χ2v) is 4.73. The summed E-state index contributed by atoms with van der Waals surface area (Å²) in [6.45, 7) is 0. The largest absolute Gasteiger partial charge is 0.504 e. The highest BCUT2D eigenvalue weighted by atomic mass is 19.4. The molecule has 128 valence electrons. The van der Waals surface area contributed by atoms with Crippen LogP contribution in [0.5, 0.6) is 11.5 Å². The van der Waals surface area contributed by atoms with Crippen molar-refractivity contribution in [1.29, 1.82) is 5.26 Å². The lowest BCUT2D eigenvalue weighted by Crippen LogP contribution is -2.11. The van der Waals surface area contributed by atoms with Gasteiger partial charge in [0.15, 0.2) is 11.4 Å². The van der Waals surface area contributed by atoms with Gasteiger partial charge < -0.3 is 10.2 Å². The van der Waals surface area contributed by atoms with Crippen molar-refractivity contribution in [3.05, 3.63) is 57.4 Å². The molecule has 1 heterocycles. The third-order valence-electron chi connectivity index (χ3n) is 3.09. The highest BCUT2D eigenvalue weighted by Crippen LogP contribution is 2.38. The zero-order valence-corrected chi connectivity index (χ0v) is 12.2. The quantitative estimate of drug-likeness (QED) is 0.378. The van der Waals surface area contributed by atoms with Gasteiger partial charge in [0.25, 0.3) is 0 Å². The number of rotatable bonds is 3. The van der Waals surface area contributed by atoms with Gasteiger partial charge in [0.1, 0.15) is 0 Å². The lowest BCUT2D eigenvalue weighted by molar-refractivity contribution is -0.386. The number of pyridine rings is 1. The fraction of sp³-hybridized carbons (Fsp3) is 0.0667. The number of phenolic OH excluding ortho intramolecular Hbond substituents is 2. The SMILES string of the molecule is N#CC(=Cc1cc(O)c(O)c([N+](=O)[O-])c1)c1cccnc1C(F)(F)F. The average molecular weight is 351 g/mol. The molecule has 0 atom stereocenters. The number of nitro groups is 1. The fourth-order valence-corrected chi connectivity index (χ4v) is 2.03. The van der Waals surface area contributed by atoms with Gasteiger partial charge >= 0.3 is 11.9 Å². The topological polar surface area (TPSA) is 120 Å². The Bertz CT molecular complexity index is 917. The number of hydrogen-bond donors (Lipinski definition) is 2. The number of aromatic nitrogens is 1. The molecule has 10 heteroatoms. The van der Waals surface area contributed by atoms with E-state index in [2.05, 4.69) is 4.98 Å². The van der Waals surface area contributed by atoms with Crippen LogP contribution in [0, 0.1) is 21.4 Å². The van der Waals surface area contributed by atoms with E-state index in [1.54, 1.807) is 6.07 Å². The van der Waals surface area contributed by atoms with E-state index in [1.807, 2.05) is 0 Å². The first-order valence-electron chi connectivity index (χ1n) is 6.50. The Labute approximate surface area is 138 Å². The summed E-state index contributed by atoms with van der Waals surface area (Å²) in [7, 11) is 0. The van der Waals surface area contributed by atoms with Crippen molar-refractivity contribution in [3.8, 4) is 17.6 Å². The van der Waals surface area contributed by atoms with Crippen LogP contribution in [0.3, 0.4) is 0 Å². The number of halogens is 3. The molecule has 0 saturated heterocycles. The van der Waals surface area contributed by atoms with Crippen LogP contribution >= 0.6 is 0 Å². The Morgan fingerprint density at radius 1 is 1.36 bits per heavy atom. The fourth-order valence-electron chi connectivity index (χ4n) is 2.03. The van der Waals surface area contributed by atoms with E-state index < -0.39 is 45.1 Å². The average Bonchev–Trinajstić information content (AvgIpc) is 2.54. The smallest absolute Gasteiger partial charge is 0.433 e. The molecular formula is C15H8F3N3O4. The molecule has 0 unspecified atom stereocenters. The van der Waals surface area contributed by atoms with Crippen LogP contribution in [0.2, 0.25) is 0 Å². The van der Waals surface area contributed by atoms with Gasteiger partial charge in [0.2, 0.25) is 5.75 Å². The van der Waals surface area contributed by atoms with Gasteiger partial charge in [-0.25, -0.2) is 0 Å². The van der Waals surface area contributed by atoms with Crippen molar-refractivity contribution in [2.75, 3.05) is 0 Å². The van der Waals surface area contributed by atoms with Gasteiger partial charge in [-0.05, 0) is 29.8 Å². The van der Waals surface area contributed by atoms with Crippen LogP contribution < -0.4 is 0 Å². The van der Waals surface area contributed by atoms with Crippen LogP contribution in [0.15, 0.2) is 30.5 Å². The lowest BCUT2D eigenvalue weighted by atomic mass is 10.0. The molecule has 0 radical (unpaired) electrons. The minimum Gasteiger partial charge on any atom is -0.504 e. The Balaban J connectivity index is 2.65. The number of alkyl halides is 3. The number of phenols is 2. The van der Waals surface area contributed by atoms with Crippen LogP contribution in [-0.4, -0.2) is 20.1 Å². The van der Waals surface area contributed by atoms with Crippen molar-refractivity contribution < 1.29 is 28.3 Å². The molecule has 2 aromatic rings. The number of nitrogens with zero attached hydrogens (tertiary/aromatic N) is 3. The molecule has 25 heavy (non-hydrogen) atoms. The maximum absolute atomic E-state index is 13.0. The van der Waals surface area contributed by atoms with E-state index in [-0.39, 0.29) is 5.56 Å². The molecule has 0 aliphatic carbocycles. The summed E-state index contributed by atoms with van der Waals surface area (Å²) in [6.07, 6.45) is -2.98. The maximum atomic E-state index is 13.0. The van der Waals surface area contributed by atoms with E-state index in [0.717, 1.165) is 30.5 Å². The molecule has 7 nitrogen and oxygen atoms in total. The highest BCUT2D eigenvalue weighted by molar-refractivity contribution is 5.91. The number of aromatic hydroxyl groups is 2. The number of hydrogen-bond acceptors (Lipinski definition) is 6. The molecule has 0 aliphatic heterocycles. The molecule has 1 aromatic carbocycles. The highest BCUT2D eigenvalue weighted by Gasteiger charge is 2.36. The van der Waals surface area contributed by atoms with E-state index in [1.165, 1.54) is 6.07 Å². The summed E-state index contributed by atoms with van der Waals surface area (Å²) in [5, 5.41) is 38.9. The Kier molecular flexibility index (Phi) is 4.60. The van der Waals surface area contributed by atoms with E-state index in [0.29, 0.717) is 0 Å². The van der Waals surface area contributed by atoms with Gasteiger partial charge in [0.05, 0.1) is 16.6 Å². The summed E-state index contributed by atoms with van der Waals surface area (Å²) in [6, 6.07) is 5.49. The molecule has 0 amide bonds. The molecule has 1 aromatic heterocycles. The second kappa shape index (κ2) is 6.48. The molecule has 2 rings (SSSR count). The number of nitro benzene ring substituents is 1. The molecule has 0 saturated carbocycles. The van der Waals surface area contributed by atoms with Gasteiger partial charge in [-0.15, -0.1) is 0 Å². The van der Waals surface area contributed by atoms with Crippen molar-refractivity contribution in [3.63, 3.8) is 0 Å². The minimum absolute atomic E-state index is 0.143. The van der Waals surface area contributed by atoms with Gasteiger partial charge in [-0.1, -0.05) is 0 Å². The van der Waals surface area contributed by atoms with Gasteiger partial charge in [-0.2, -0.15) is 18.4 Å². The first kappa shape index (κ1) is 17.7. The second-order valence-electron chi connectivity index (χ2n) is 4.73. The predicted octanol–water partition coefficient (Wildman–Crippen LogP) is 3.48. The van der Waals surface area contributed by atoms with E-state index in [4.69, 9.17) is 0 Å². The van der Waals surface area contributed by atoms with Crippen molar-refractivity contribution in [1.82, 2.24) is 4.98 Å². The standard InChI is InChI=1S/C15H8F3N3O4/c16-15(17,18)14-10(2-1-3-20-14)9(7-19)4-8-5-11(21(24)25)13(23)12(22)6-8/h1-6,22-23H. The van der Waals surface area contributed by atoms with Crippen molar-refractivity contribution in [2.45, 2.75) is 6.18 Å². The zero-order valence-electron chi connectivity index (χ0n) is 12.2. The predicted molar refractivity (Wildman–Crippen MR) is 79.1 cm³/mol. The van der Waals surface area contributed by atoms with E-state index >= 15 is 0 Å². The van der Waals surface area contributed by atoms with Gasteiger partial charge in [0, 0.05) is 17.8 Å². The third kappa shape index (κ3) is 3.66. The Morgan fingerprint density at radius 2 is 2.04 bits per heavy atom. The molecular weight excluding hydrogens is 343 g/mol. The van der Waals surface area contributed by atoms with E-state index in [9.17, 15) is 38.8 Å². The normalized spacial score (nSPS) is 11.8. The zero-order chi connectivity index (χ0) is 18.8. The van der Waals surface area contributed by atoms with Crippen LogP contribution in [-0.2, 0) is 6.18 Å². The van der Waals surface area contributed by atoms with Gasteiger partial charge in [-0.3, -0.25) is 15.1 Å². The first-order chi connectivity index (χ1) is 11.6. The molecule has 0 spiro atoms. The summed E-state index contributed by atoms with van der Waals surface area (Å²) in [4.78, 5) is 13.1. The summed E-state index contributed by atoms with van der Waals surface area (Å²) >= 11 is 0. The summed E-state index contributed by atoms with van der Waals surface area (Å²) in [5.41, 5.74) is -3.28. The Hall–Kier alpha value is -3.61. The lowest BCUT2D eigenvalue weighted by Gasteiger charge is -2.10. The van der Waals surface area contributed by atoms with Crippen molar-refractivity contribution in [2.24, 2.45) is 0 Å². The summed E-state index contributed by atoms with van der Waals surface area (Å²) < 4.78 is 39.0. The number of allylic oxidation sites excluding steroid dienone is 1. The third-order valence-corrected chi connectivity index (χ3v) is 3.09. The molecule has 0 aliphatic rings. The summed E-state index contributed by atoms with van der Waals surface area (Å²) in [5.74, 6) is -1.84. The monoisotopic (exact) mass is 351 g/mol. The van der Waals surface area contributed by atoms with Crippen LogP contribution in [0.4, 0.5) is 18.9 Å². The van der Waals surface area contributed by atoms with Crippen molar-refractivity contribution >= 4 is 17.3 Å². The minimum atomic E-state index is -4.81. The maximum Gasteiger partial charge on any atom is 0.433 e. The molecule has 2 N–H and O–H groups in total. The Morgan fingerprint density at radius 3 is 2.60 bits per heavy atom. The van der Waals surface area contributed by atoms with Crippen LogP contribution in [0.25, 0.3) is 11.6 Å². The van der Waals surface area contributed by atoms with Crippen LogP contribution in [0.1, 0.15) is 16.8 Å². The molecule has 0 bridgehead atoms. The first-order valence-corrected chi connectivity index (χ1v) is 6.50. The molecule has 0 fully saturated rings. The number of benzene rings is 1.